The molecule has 2 fully saturated rings. The first kappa shape index (κ1) is 21.2. The summed E-state index contributed by atoms with van der Waals surface area (Å²) >= 11 is 0. The topological polar surface area (TPSA) is 80.1 Å². The summed E-state index contributed by atoms with van der Waals surface area (Å²) in [5, 5.41) is 0. The van der Waals surface area contributed by atoms with E-state index in [0.717, 1.165) is 31.4 Å². The van der Waals surface area contributed by atoms with Gasteiger partial charge >= 0.3 is 5.97 Å². The maximum atomic E-state index is 13.1. The third-order valence-corrected chi connectivity index (χ3v) is 6.06. The minimum absolute atomic E-state index is 0.0960. The molecule has 164 valence electrons. The van der Waals surface area contributed by atoms with Crippen molar-refractivity contribution >= 4 is 23.5 Å². The molecule has 1 aliphatic carbocycles. The van der Waals surface area contributed by atoms with Gasteiger partial charge in [0, 0.05) is 24.7 Å². The van der Waals surface area contributed by atoms with Gasteiger partial charge in [0.2, 0.25) is 5.91 Å². The Morgan fingerprint density at radius 1 is 1.06 bits per heavy atom. The second kappa shape index (κ2) is 9.81. The zero-order valence-corrected chi connectivity index (χ0v) is 17.6. The summed E-state index contributed by atoms with van der Waals surface area (Å²) in [6.07, 6.45) is 6.93. The minimum atomic E-state index is -0.560. The summed E-state index contributed by atoms with van der Waals surface area (Å²) in [4.78, 5) is 41.3. The fourth-order valence-corrected chi connectivity index (χ4v) is 4.48. The zero-order chi connectivity index (χ0) is 21.6. The predicted molar refractivity (Wildman–Crippen MR) is 114 cm³/mol. The Labute approximate surface area is 181 Å². The molecule has 1 aromatic carbocycles. The van der Waals surface area contributed by atoms with E-state index in [1.54, 1.807) is 28.2 Å². The highest BCUT2D eigenvalue weighted by Gasteiger charge is 2.36. The fourth-order valence-electron chi connectivity index (χ4n) is 4.48. The second-order valence-electron chi connectivity index (χ2n) is 8.25. The Bertz CT molecular complexity index is 890. The lowest BCUT2D eigenvalue weighted by Gasteiger charge is -2.34. The molecular weight excluding hydrogens is 396 g/mol. The van der Waals surface area contributed by atoms with Crippen LogP contribution in [0.1, 0.15) is 44.3 Å². The van der Waals surface area contributed by atoms with Crippen LogP contribution >= 0.6 is 0 Å². The Morgan fingerprint density at radius 3 is 2.55 bits per heavy atom. The summed E-state index contributed by atoms with van der Waals surface area (Å²) in [6, 6.07) is 13.2. The largest absolute Gasteiger partial charge is 0.467 e. The molecule has 1 saturated carbocycles. The number of ether oxygens (including phenoxy) is 1. The number of hydrogen-bond donors (Lipinski definition) is 0. The number of rotatable bonds is 7. The molecule has 0 bridgehead atoms. The molecule has 31 heavy (non-hydrogen) atoms. The van der Waals surface area contributed by atoms with Gasteiger partial charge < -0.3 is 19.0 Å². The van der Waals surface area contributed by atoms with Crippen molar-refractivity contribution < 1.29 is 23.5 Å². The van der Waals surface area contributed by atoms with Crippen molar-refractivity contribution in [2.75, 3.05) is 18.1 Å². The highest BCUT2D eigenvalue weighted by atomic mass is 16.5. The van der Waals surface area contributed by atoms with Crippen molar-refractivity contribution in [1.82, 2.24) is 4.90 Å². The molecule has 1 aliphatic heterocycles. The molecule has 0 N–H and O–H groups in total. The van der Waals surface area contributed by atoms with E-state index in [0.29, 0.717) is 12.3 Å². The quantitative estimate of drug-likeness (QED) is 0.635. The van der Waals surface area contributed by atoms with Crippen molar-refractivity contribution in [2.24, 2.45) is 5.92 Å². The van der Waals surface area contributed by atoms with E-state index in [9.17, 15) is 14.4 Å². The van der Waals surface area contributed by atoms with Crippen molar-refractivity contribution in [3.63, 3.8) is 0 Å². The van der Waals surface area contributed by atoms with Crippen LogP contribution in [-0.2, 0) is 25.7 Å². The summed E-state index contributed by atoms with van der Waals surface area (Å²) < 4.78 is 10.7. The number of carbonyl (C=O) groups is 3. The van der Waals surface area contributed by atoms with Crippen molar-refractivity contribution in [2.45, 2.75) is 51.1 Å². The van der Waals surface area contributed by atoms with Crippen molar-refractivity contribution in [1.29, 1.82) is 0 Å². The van der Waals surface area contributed by atoms with Crippen molar-refractivity contribution in [3.8, 4) is 0 Å². The molecule has 0 radical (unpaired) electrons. The molecule has 2 heterocycles. The number of amides is 2. The maximum absolute atomic E-state index is 13.1. The number of para-hydroxylation sites is 1. The molecule has 2 aliphatic rings. The van der Waals surface area contributed by atoms with Gasteiger partial charge in [0.05, 0.1) is 18.7 Å². The highest BCUT2D eigenvalue weighted by Crippen LogP contribution is 2.28. The lowest BCUT2D eigenvalue weighted by Crippen LogP contribution is -2.44. The van der Waals surface area contributed by atoms with Gasteiger partial charge in [-0.2, -0.15) is 0 Å². The molecule has 7 heteroatoms. The van der Waals surface area contributed by atoms with Crippen molar-refractivity contribution in [3.05, 3.63) is 54.5 Å². The van der Waals surface area contributed by atoms with Gasteiger partial charge in [-0.25, -0.2) is 0 Å². The average molecular weight is 424 g/mol. The smallest absolute Gasteiger partial charge is 0.311 e. The monoisotopic (exact) mass is 424 g/mol. The summed E-state index contributed by atoms with van der Waals surface area (Å²) in [7, 11) is 0. The van der Waals surface area contributed by atoms with E-state index in [4.69, 9.17) is 9.15 Å². The van der Waals surface area contributed by atoms with E-state index in [-0.39, 0.29) is 37.4 Å². The first-order chi connectivity index (χ1) is 15.1. The molecule has 7 nitrogen and oxygen atoms in total. The molecule has 2 amide bonds. The SMILES string of the molecule is O=C(OCC(=O)N(c1ccccc1)C1CCCCC1)[C@@H]1CC(=O)N(Cc2ccco2)C1. The minimum Gasteiger partial charge on any atom is -0.467 e. The number of furan rings is 1. The van der Waals surface area contributed by atoms with Crippen LogP contribution in [0.15, 0.2) is 53.1 Å². The van der Waals surface area contributed by atoms with Gasteiger partial charge in [0.15, 0.2) is 6.61 Å². The molecule has 1 atom stereocenters. The number of likely N-dealkylation sites (tertiary alicyclic amines) is 1. The number of anilines is 1. The van der Waals surface area contributed by atoms with Crippen LogP contribution in [0.2, 0.25) is 0 Å². The molecular formula is C24H28N2O5. The summed E-state index contributed by atoms with van der Waals surface area (Å²) in [5.74, 6) is -0.722. The Kier molecular flexibility index (Phi) is 6.70. The van der Waals surface area contributed by atoms with Crippen LogP contribution in [0, 0.1) is 5.92 Å². The lowest BCUT2D eigenvalue weighted by atomic mass is 9.93. The fraction of sp³-hybridized carbons (Fsp3) is 0.458. The third kappa shape index (κ3) is 5.16. The molecule has 0 spiro atoms. The van der Waals surface area contributed by atoms with E-state index in [1.165, 1.54) is 6.42 Å². The predicted octanol–water partition coefficient (Wildman–Crippen LogP) is 3.54. The van der Waals surface area contributed by atoms with E-state index >= 15 is 0 Å². The van der Waals surface area contributed by atoms with Crippen LogP contribution in [0.3, 0.4) is 0 Å². The number of benzene rings is 1. The number of esters is 1. The molecule has 0 unspecified atom stereocenters. The van der Waals surface area contributed by atoms with E-state index in [2.05, 4.69) is 0 Å². The van der Waals surface area contributed by atoms with Gasteiger partial charge in [-0.05, 0) is 37.1 Å². The number of hydrogen-bond acceptors (Lipinski definition) is 5. The Morgan fingerprint density at radius 2 is 1.84 bits per heavy atom. The first-order valence-corrected chi connectivity index (χ1v) is 11.0. The first-order valence-electron chi connectivity index (χ1n) is 11.0. The van der Waals surface area contributed by atoms with E-state index in [1.807, 2.05) is 30.3 Å². The normalized spacial score (nSPS) is 19.4. The zero-order valence-electron chi connectivity index (χ0n) is 17.6. The Hall–Kier alpha value is -3.09. The average Bonchev–Trinajstić information content (AvgIpc) is 3.44. The van der Waals surface area contributed by atoms with E-state index < -0.39 is 11.9 Å². The van der Waals surface area contributed by atoms with Gasteiger partial charge in [0.1, 0.15) is 5.76 Å². The van der Waals surface area contributed by atoms with Gasteiger partial charge in [-0.3, -0.25) is 14.4 Å². The van der Waals surface area contributed by atoms with Gasteiger partial charge in [-0.15, -0.1) is 0 Å². The summed E-state index contributed by atoms with van der Waals surface area (Å²) in [5.41, 5.74) is 0.830. The molecule has 2 aromatic rings. The molecule has 4 rings (SSSR count). The van der Waals surface area contributed by atoms with Crippen LogP contribution in [0.5, 0.6) is 0 Å². The lowest BCUT2D eigenvalue weighted by molar-refractivity contribution is -0.152. The van der Waals surface area contributed by atoms with Crippen LogP contribution < -0.4 is 4.90 Å². The molecule has 1 saturated heterocycles. The third-order valence-electron chi connectivity index (χ3n) is 6.06. The Balaban J connectivity index is 1.35. The summed E-state index contributed by atoms with van der Waals surface area (Å²) in [6.45, 7) is 0.294. The van der Waals surface area contributed by atoms with Crippen LogP contribution in [-0.4, -0.2) is 41.9 Å². The van der Waals surface area contributed by atoms with Gasteiger partial charge in [-0.1, -0.05) is 37.5 Å². The maximum Gasteiger partial charge on any atom is 0.311 e. The number of carbonyl (C=O) groups excluding carboxylic acids is 3. The van der Waals surface area contributed by atoms with Crippen LogP contribution in [0.25, 0.3) is 0 Å². The standard InChI is InChI=1S/C24H28N2O5/c27-22-14-18(15-25(22)16-21-12-7-13-30-21)24(29)31-17-23(28)26(19-8-3-1-4-9-19)20-10-5-2-6-11-20/h1,3-4,7-9,12-13,18,20H,2,5-6,10-11,14-17H2/t18-/m1/s1. The van der Waals surface area contributed by atoms with Crippen LogP contribution in [0.4, 0.5) is 5.69 Å². The molecule has 1 aromatic heterocycles. The second-order valence-corrected chi connectivity index (χ2v) is 8.25. The highest BCUT2D eigenvalue weighted by molar-refractivity contribution is 5.96. The van der Waals surface area contributed by atoms with Gasteiger partial charge in [0.25, 0.3) is 5.91 Å². The number of nitrogens with zero attached hydrogens (tertiary/aromatic N) is 2.